The molecule has 0 unspecified atom stereocenters. The Hall–Kier alpha value is -8.24. The molecule has 0 aliphatic carbocycles. The fourth-order valence-corrected chi connectivity index (χ4v) is 14.5. The smallest absolute Gasteiger partial charge is 0.274 e. The Morgan fingerprint density at radius 3 is 1.88 bits per heavy atom. The first-order valence-electron chi connectivity index (χ1n) is 24.4. The van der Waals surface area contributed by atoms with E-state index in [0.29, 0.717) is 28.4 Å². The van der Waals surface area contributed by atoms with Gasteiger partial charge in [-0.05, 0) is 68.4 Å². The van der Waals surface area contributed by atoms with E-state index in [-0.39, 0.29) is 31.3 Å². The standard InChI is InChI=1S/C59H54F2N8O4Si/c1-41-30-31-43(56-65-54(72-67-56)36-51(55(60)61)73-74(58(2,3)4,47-26-16-8-17-27-47)48-28-18-9-19-29-48)35-49(41)64-57(70)50-37-62-53-34-42(32-33-68(50)53)38-71-39-52-63-40-69(66-52)59(44-20-10-5-11-21-44,45-22-12-6-13-23-45)46-24-14-7-15-25-46/h5-35,37,40,51,55H,36,38-39H2,1-4H3,(H,64,70)/t51-/m0/s1. The average molecular weight is 1010 g/mol. The highest BCUT2D eigenvalue weighted by atomic mass is 28.4. The van der Waals surface area contributed by atoms with Crippen LogP contribution in [-0.4, -0.2) is 61.0 Å². The van der Waals surface area contributed by atoms with Crippen LogP contribution in [0.5, 0.6) is 0 Å². The van der Waals surface area contributed by atoms with Crippen molar-refractivity contribution in [2.24, 2.45) is 0 Å². The third-order valence-electron chi connectivity index (χ3n) is 13.4. The van der Waals surface area contributed by atoms with E-state index < -0.39 is 37.3 Å². The lowest BCUT2D eigenvalue weighted by Gasteiger charge is -2.44. The van der Waals surface area contributed by atoms with Crippen molar-refractivity contribution >= 4 is 35.9 Å². The fourth-order valence-electron chi connectivity index (χ4n) is 9.81. The van der Waals surface area contributed by atoms with E-state index >= 15 is 8.78 Å². The summed E-state index contributed by atoms with van der Waals surface area (Å²) in [6.45, 7) is 8.38. The van der Waals surface area contributed by atoms with Crippen molar-refractivity contribution in [2.75, 3.05) is 5.32 Å². The molecular formula is C59H54F2N8O4Si. The number of alkyl halides is 2. The number of amides is 1. The van der Waals surface area contributed by atoms with Crippen LogP contribution in [0.3, 0.4) is 0 Å². The molecule has 6 aromatic carbocycles. The number of hydrogen-bond acceptors (Lipinski definition) is 9. The topological polar surface area (TPSA) is 134 Å². The quantitative estimate of drug-likeness (QED) is 0.0658. The van der Waals surface area contributed by atoms with Crippen LogP contribution in [0.25, 0.3) is 17.0 Å². The molecule has 1 amide bonds. The second kappa shape index (κ2) is 21.1. The zero-order valence-electron chi connectivity index (χ0n) is 41.3. The molecule has 74 heavy (non-hydrogen) atoms. The Balaban J connectivity index is 0.817. The number of carbonyl (C=O) groups is 1. The van der Waals surface area contributed by atoms with Crippen molar-refractivity contribution in [3.63, 3.8) is 0 Å². The molecule has 0 saturated heterocycles. The molecular weight excluding hydrogens is 951 g/mol. The molecule has 372 valence electrons. The number of fused-ring (bicyclic) bond motifs is 1. The summed E-state index contributed by atoms with van der Waals surface area (Å²) in [4.78, 5) is 27.7. The molecule has 1 atom stereocenters. The molecule has 0 fully saturated rings. The summed E-state index contributed by atoms with van der Waals surface area (Å²) in [5, 5.41) is 13.4. The maximum Gasteiger partial charge on any atom is 0.274 e. The number of carbonyl (C=O) groups excluding carboxylic acids is 1. The summed E-state index contributed by atoms with van der Waals surface area (Å²) in [7, 11) is -3.33. The minimum Gasteiger partial charge on any atom is -0.398 e. The number of ether oxygens (including phenoxy) is 1. The van der Waals surface area contributed by atoms with Gasteiger partial charge < -0.3 is 19.0 Å². The summed E-state index contributed by atoms with van der Waals surface area (Å²) in [6, 6.07) is 59.2. The van der Waals surface area contributed by atoms with Crippen LogP contribution in [0, 0.1) is 6.92 Å². The number of anilines is 1. The first-order chi connectivity index (χ1) is 35.9. The molecule has 10 rings (SSSR count). The van der Waals surface area contributed by atoms with Gasteiger partial charge in [0.1, 0.15) is 35.9 Å². The van der Waals surface area contributed by atoms with Crippen LogP contribution in [0.4, 0.5) is 14.5 Å². The van der Waals surface area contributed by atoms with Crippen LogP contribution >= 0.6 is 0 Å². The number of halogens is 2. The van der Waals surface area contributed by atoms with Crippen molar-refractivity contribution in [1.82, 2.24) is 34.3 Å². The summed E-state index contributed by atoms with van der Waals surface area (Å²) in [6.07, 6.45) is 0.359. The number of aromatic nitrogens is 7. The highest BCUT2D eigenvalue weighted by molar-refractivity contribution is 6.99. The van der Waals surface area contributed by atoms with E-state index in [2.05, 4.69) is 56.8 Å². The molecule has 15 heteroatoms. The van der Waals surface area contributed by atoms with Crippen LogP contribution < -0.4 is 15.7 Å². The van der Waals surface area contributed by atoms with Gasteiger partial charge in [0, 0.05) is 17.4 Å². The Bertz CT molecular complexity index is 3340. The van der Waals surface area contributed by atoms with Gasteiger partial charge in [0.25, 0.3) is 20.7 Å². The van der Waals surface area contributed by atoms with Crippen molar-refractivity contribution in [1.29, 1.82) is 0 Å². The summed E-state index contributed by atoms with van der Waals surface area (Å²) >= 11 is 0. The third-order valence-corrected chi connectivity index (χ3v) is 18.4. The minimum absolute atomic E-state index is 0.00453. The Morgan fingerprint density at radius 1 is 0.730 bits per heavy atom. The predicted octanol–water partition coefficient (Wildman–Crippen LogP) is 10.8. The van der Waals surface area contributed by atoms with Crippen LogP contribution in [0.1, 0.15) is 70.8 Å². The van der Waals surface area contributed by atoms with Gasteiger partial charge in [-0.25, -0.2) is 23.4 Å². The Morgan fingerprint density at radius 2 is 1.31 bits per heavy atom. The van der Waals surface area contributed by atoms with E-state index in [1.807, 2.05) is 166 Å². The first kappa shape index (κ1) is 49.3. The van der Waals surface area contributed by atoms with Crippen molar-refractivity contribution < 1.29 is 27.3 Å². The van der Waals surface area contributed by atoms with Gasteiger partial charge in [-0.2, -0.15) is 10.1 Å². The van der Waals surface area contributed by atoms with E-state index in [9.17, 15) is 4.79 Å². The van der Waals surface area contributed by atoms with Crippen molar-refractivity contribution in [3.05, 3.63) is 246 Å². The van der Waals surface area contributed by atoms with Crippen LogP contribution in [0.15, 0.2) is 205 Å². The van der Waals surface area contributed by atoms with Crippen LogP contribution in [-0.2, 0) is 34.3 Å². The highest BCUT2D eigenvalue weighted by Crippen LogP contribution is 2.41. The SMILES string of the molecule is Cc1ccc(-c2noc(C[C@H](O[Si](c3ccccc3)(c3ccccc3)C(C)(C)C)C(F)F)n2)cc1NC(=O)c1cnc2cc(COCc3ncn(C(c4ccccc4)(c4ccccc4)c4ccccc4)n3)ccn12. The normalized spacial score (nSPS) is 12.6. The van der Waals surface area contributed by atoms with Gasteiger partial charge in [0.2, 0.25) is 11.7 Å². The van der Waals surface area contributed by atoms with Crippen LogP contribution in [0.2, 0.25) is 5.04 Å². The average Bonchev–Trinajstić information content (AvgIpc) is 4.23. The summed E-state index contributed by atoms with van der Waals surface area (Å²) in [5.41, 5.74) is 5.85. The van der Waals surface area contributed by atoms with E-state index in [1.165, 1.54) is 6.20 Å². The molecule has 0 bridgehead atoms. The van der Waals surface area contributed by atoms with Gasteiger partial charge in [-0.1, -0.05) is 190 Å². The largest absolute Gasteiger partial charge is 0.398 e. The second-order valence-electron chi connectivity index (χ2n) is 19.2. The van der Waals surface area contributed by atoms with Gasteiger partial charge in [-0.15, -0.1) is 0 Å². The lowest BCUT2D eigenvalue weighted by molar-refractivity contribution is 0.00243. The predicted molar refractivity (Wildman–Crippen MR) is 283 cm³/mol. The van der Waals surface area contributed by atoms with Crippen molar-refractivity contribution in [2.45, 2.75) is 70.4 Å². The number of nitrogens with one attached hydrogen (secondary N) is 1. The first-order valence-corrected chi connectivity index (χ1v) is 26.3. The summed E-state index contributed by atoms with van der Waals surface area (Å²) in [5.74, 6) is 0.316. The van der Waals surface area contributed by atoms with E-state index in [1.54, 1.807) is 29.1 Å². The maximum atomic E-state index is 15.1. The van der Waals surface area contributed by atoms with Crippen molar-refractivity contribution in [3.8, 4) is 11.4 Å². The number of pyridine rings is 1. The summed E-state index contributed by atoms with van der Waals surface area (Å²) < 4.78 is 52.5. The zero-order chi connectivity index (χ0) is 51.3. The number of benzene rings is 6. The number of aryl methyl sites for hydroxylation is 1. The van der Waals surface area contributed by atoms with Gasteiger partial charge >= 0.3 is 0 Å². The molecule has 4 aromatic heterocycles. The van der Waals surface area contributed by atoms with Gasteiger partial charge in [-0.3, -0.25) is 9.20 Å². The van der Waals surface area contributed by atoms with Gasteiger partial charge in [0.15, 0.2) is 5.82 Å². The number of hydrogen-bond donors (Lipinski definition) is 1. The molecule has 0 spiro atoms. The molecule has 4 heterocycles. The third kappa shape index (κ3) is 9.72. The number of nitrogens with zero attached hydrogens (tertiary/aromatic N) is 7. The zero-order valence-corrected chi connectivity index (χ0v) is 42.3. The minimum atomic E-state index is -3.33. The maximum absolute atomic E-state index is 15.1. The lowest BCUT2D eigenvalue weighted by Crippen LogP contribution is -2.68. The molecule has 0 aliphatic rings. The molecule has 0 saturated carbocycles. The van der Waals surface area contributed by atoms with E-state index in [4.69, 9.17) is 23.8 Å². The second-order valence-corrected chi connectivity index (χ2v) is 23.4. The Labute approximate surface area is 428 Å². The molecule has 12 nitrogen and oxygen atoms in total. The highest BCUT2D eigenvalue weighted by Gasteiger charge is 2.52. The monoisotopic (exact) mass is 1000 g/mol. The number of imidazole rings is 1. The lowest BCUT2D eigenvalue weighted by atomic mass is 9.77. The van der Waals surface area contributed by atoms with E-state index in [0.717, 1.165) is 38.2 Å². The molecule has 1 N–H and O–H groups in total. The molecule has 10 aromatic rings. The molecule has 0 aliphatic heterocycles. The Kier molecular flexibility index (Phi) is 14.1. The van der Waals surface area contributed by atoms with Gasteiger partial charge in [0.05, 0.1) is 19.2 Å². The fraction of sp³-hybridized carbons (Fsp3) is 0.186. The molecule has 0 radical (unpaired) electrons. The number of rotatable bonds is 18.